The van der Waals surface area contributed by atoms with Crippen LogP contribution in [0.25, 0.3) is 0 Å². The molecule has 0 radical (unpaired) electrons. The van der Waals surface area contributed by atoms with E-state index in [1.54, 1.807) is 6.08 Å². The van der Waals surface area contributed by atoms with E-state index in [0.29, 0.717) is 0 Å². The van der Waals surface area contributed by atoms with Gasteiger partial charge in [0.2, 0.25) is 0 Å². The topological polar surface area (TPSA) is 0 Å². The second-order valence-corrected chi connectivity index (χ2v) is 2.77. The van der Waals surface area contributed by atoms with E-state index in [1.165, 1.54) is 32.1 Å². The Bertz CT molecular complexity index is 125. The monoisotopic (exact) mass is 150 g/mol. The van der Waals surface area contributed by atoms with Crippen molar-refractivity contribution in [2.24, 2.45) is 0 Å². The normalized spacial score (nSPS) is 10.2. The first-order chi connectivity index (χ1) is 5.41. The van der Waals surface area contributed by atoms with Gasteiger partial charge in [0.25, 0.3) is 0 Å². The van der Waals surface area contributed by atoms with Crippen LogP contribution in [0.15, 0.2) is 12.2 Å². The zero-order valence-electron chi connectivity index (χ0n) is 7.47. The molecule has 0 amide bonds. The average Bonchev–Trinajstić information content (AvgIpc) is 2.03. The Morgan fingerprint density at radius 2 is 1.91 bits per heavy atom. The molecule has 0 aliphatic carbocycles. The zero-order valence-corrected chi connectivity index (χ0v) is 7.47. The van der Waals surface area contributed by atoms with Gasteiger partial charge < -0.3 is 0 Å². The smallest absolute Gasteiger partial charge is 0.0162 e. The van der Waals surface area contributed by atoms with Crippen molar-refractivity contribution in [3.63, 3.8) is 0 Å². The third-order valence-electron chi connectivity index (χ3n) is 1.69. The van der Waals surface area contributed by atoms with Crippen molar-refractivity contribution in [3.05, 3.63) is 12.2 Å². The lowest BCUT2D eigenvalue weighted by Crippen LogP contribution is -1.75. The Hall–Kier alpha value is -0.700. The number of hydrogen-bond acceptors (Lipinski definition) is 0. The first-order valence-corrected chi connectivity index (χ1v) is 4.53. The SMILES string of the molecule is C#C/C=C\CCCCCCC. The molecule has 0 aromatic heterocycles. The highest BCUT2D eigenvalue weighted by Gasteiger charge is 1.85. The first-order valence-electron chi connectivity index (χ1n) is 4.53. The summed E-state index contributed by atoms with van der Waals surface area (Å²) in [5.41, 5.74) is 0. The third-order valence-corrected chi connectivity index (χ3v) is 1.69. The first kappa shape index (κ1) is 10.3. The molecule has 0 N–H and O–H groups in total. The molecule has 0 fully saturated rings. The standard InChI is InChI=1S/C11H18/c1-3-5-7-9-11-10-8-6-4-2/h1,5,7H,4,6,8-11H2,2H3/b7-5-. The van der Waals surface area contributed by atoms with E-state index in [0.717, 1.165) is 6.42 Å². The quantitative estimate of drug-likeness (QED) is 0.401. The van der Waals surface area contributed by atoms with Gasteiger partial charge in [0.15, 0.2) is 0 Å². The number of terminal acetylenes is 1. The van der Waals surface area contributed by atoms with E-state index < -0.39 is 0 Å². The zero-order chi connectivity index (χ0) is 8.36. The summed E-state index contributed by atoms with van der Waals surface area (Å²) in [6, 6.07) is 0. The molecule has 0 aromatic rings. The van der Waals surface area contributed by atoms with Crippen LogP contribution in [0.3, 0.4) is 0 Å². The fourth-order valence-corrected chi connectivity index (χ4v) is 1.02. The minimum atomic E-state index is 1.15. The van der Waals surface area contributed by atoms with E-state index in [2.05, 4.69) is 18.9 Å². The van der Waals surface area contributed by atoms with Crippen molar-refractivity contribution in [1.82, 2.24) is 0 Å². The molecule has 0 unspecified atom stereocenters. The average molecular weight is 150 g/mol. The second kappa shape index (κ2) is 9.30. The Balaban J connectivity index is 2.92. The van der Waals surface area contributed by atoms with Crippen LogP contribution < -0.4 is 0 Å². The molecule has 0 rings (SSSR count). The number of allylic oxidation sites excluding steroid dienone is 2. The molecule has 11 heavy (non-hydrogen) atoms. The van der Waals surface area contributed by atoms with Gasteiger partial charge in [0, 0.05) is 0 Å². The summed E-state index contributed by atoms with van der Waals surface area (Å²) in [5, 5.41) is 0. The summed E-state index contributed by atoms with van der Waals surface area (Å²) < 4.78 is 0. The Morgan fingerprint density at radius 3 is 2.55 bits per heavy atom. The Kier molecular flexibility index (Phi) is 8.71. The molecule has 62 valence electrons. The van der Waals surface area contributed by atoms with Crippen LogP contribution >= 0.6 is 0 Å². The van der Waals surface area contributed by atoms with Crippen LogP contribution in [0.4, 0.5) is 0 Å². The molecular formula is C11H18. The van der Waals surface area contributed by atoms with E-state index >= 15 is 0 Å². The molecule has 0 aliphatic rings. The maximum absolute atomic E-state index is 5.05. The van der Waals surface area contributed by atoms with Crippen LogP contribution in [0, 0.1) is 12.3 Å². The van der Waals surface area contributed by atoms with Gasteiger partial charge in [0.1, 0.15) is 0 Å². The van der Waals surface area contributed by atoms with Gasteiger partial charge in [-0.15, -0.1) is 6.42 Å². The minimum absolute atomic E-state index is 1.15. The number of rotatable bonds is 6. The largest absolute Gasteiger partial charge is 0.115 e. The van der Waals surface area contributed by atoms with E-state index in [9.17, 15) is 0 Å². The molecular weight excluding hydrogens is 132 g/mol. The maximum Gasteiger partial charge on any atom is -0.0162 e. The van der Waals surface area contributed by atoms with Crippen molar-refractivity contribution in [3.8, 4) is 12.3 Å². The highest BCUT2D eigenvalue weighted by molar-refractivity contribution is 5.08. The lowest BCUT2D eigenvalue weighted by Gasteiger charge is -1.94. The van der Waals surface area contributed by atoms with Crippen LogP contribution in [0.1, 0.15) is 45.4 Å². The summed E-state index contributed by atoms with van der Waals surface area (Å²) in [6.45, 7) is 2.23. The van der Waals surface area contributed by atoms with Crippen LogP contribution in [-0.2, 0) is 0 Å². The van der Waals surface area contributed by atoms with Gasteiger partial charge in [-0.25, -0.2) is 0 Å². The molecule has 0 spiro atoms. The number of hydrogen-bond donors (Lipinski definition) is 0. The van der Waals surface area contributed by atoms with Crippen molar-refractivity contribution < 1.29 is 0 Å². The summed E-state index contributed by atoms with van der Waals surface area (Å²) in [7, 11) is 0. The summed E-state index contributed by atoms with van der Waals surface area (Å²) in [5.74, 6) is 2.49. The molecule has 0 saturated carbocycles. The van der Waals surface area contributed by atoms with Crippen LogP contribution in [0.2, 0.25) is 0 Å². The summed E-state index contributed by atoms with van der Waals surface area (Å²) >= 11 is 0. The molecule has 0 bridgehead atoms. The molecule has 0 heterocycles. The van der Waals surface area contributed by atoms with Gasteiger partial charge in [-0.3, -0.25) is 0 Å². The van der Waals surface area contributed by atoms with Gasteiger partial charge in [-0.1, -0.05) is 44.6 Å². The lowest BCUT2D eigenvalue weighted by atomic mass is 10.1. The Morgan fingerprint density at radius 1 is 1.18 bits per heavy atom. The van der Waals surface area contributed by atoms with Gasteiger partial charge in [-0.2, -0.15) is 0 Å². The van der Waals surface area contributed by atoms with Gasteiger partial charge >= 0.3 is 0 Å². The minimum Gasteiger partial charge on any atom is -0.115 e. The maximum atomic E-state index is 5.05. The fraction of sp³-hybridized carbons (Fsp3) is 0.636. The molecule has 0 aliphatic heterocycles. The van der Waals surface area contributed by atoms with Crippen molar-refractivity contribution in [2.75, 3.05) is 0 Å². The highest BCUT2D eigenvalue weighted by Crippen LogP contribution is 2.04. The molecule has 0 atom stereocenters. The Labute approximate surface area is 70.7 Å². The van der Waals surface area contributed by atoms with Crippen molar-refractivity contribution >= 4 is 0 Å². The van der Waals surface area contributed by atoms with Crippen LogP contribution in [0.5, 0.6) is 0 Å². The van der Waals surface area contributed by atoms with E-state index in [4.69, 9.17) is 6.42 Å². The predicted octanol–water partition coefficient (Wildman–Crippen LogP) is 3.54. The number of unbranched alkanes of at least 4 members (excludes halogenated alkanes) is 5. The van der Waals surface area contributed by atoms with Crippen LogP contribution in [-0.4, -0.2) is 0 Å². The van der Waals surface area contributed by atoms with Crippen molar-refractivity contribution in [1.29, 1.82) is 0 Å². The molecule has 0 saturated heterocycles. The van der Waals surface area contributed by atoms with Crippen molar-refractivity contribution in [2.45, 2.75) is 45.4 Å². The second-order valence-electron chi connectivity index (χ2n) is 2.77. The summed E-state index contributed by atoms with van der Waals surface area (Å²) in [4.78, 5) is 0. The molecule has 0 heteroatoms. The van der Waals surface area contributed by atoms with E-state index in [-0.39, 0.29) is 0 Å². The lowest BCUT2D eigenvalue weighted by molar-refractivity contribution is 0.637. The summed E-state index contributed by atoms with van der Waals surface area (Å²) in [6.07, 6.45) is 16.8. The fourth-order valence-electron chi connectivity index (χ4n) is 1.02. The van der Waals surface area contributed by atoms with Gasteiger partial charge in [0.05, 0.1) is 0 Å². The third kappa shape index (κ3) is 9.30. The molecule has 0 aromatic carbocycles. The van der Waals surface area contributed by atoms with E-state index in [1.807, 2.05) is 0 Å². The predicted molar refractivity (Wildman–Crippen MR) is 51.3 cm³/mol. The molecule has 0 nitrogen and oxygen atoms in total. The van der Waals surface area contributed by atoms with Gasteiger partial charge in [-0.05, 0) is 18.9 Å². The highest BCUT2D eigenvalue weighted by atomic mass is 13.9.